The van der Waals surface area contributed by atoms with Crippen LogP contribution in [-0.4, -0.2) is 30.6 Å². The Balaban J connectivity index is 0.00000441. The van der Waals surface area contributed by atoms with E-state index in [1.807, 2.05) is 13.2 Å². The van der Waals surface area contributed by atoms with Gasteiger partial charge in [-0.2, -0.15) is 11.8 Å². The summed E-state index contributed by atoms with van der Waals surface area (Å²) < 4.78 is 26.7. The molecule has 7 heteroatoms. The molecule has 1 atom stereocenters. The summed E-state index contributed by atoms with van der Waals surface area (Å²) in [5.74, 6) is -0.545. The molecular formula is C15H24F2IN3S. The van der Waals surface area contributed by atoms with Gasteiger partial charge in [0.05, 0.1) is 6.04 Å². The molecule has 126 valence electrons. The molecule has 0 amide bonds. The zero-order valence-corrected chi connectivity index (χ0v) is 16.7. The molecule has 0 radical (unpaired) electrons. The molecule has 0 fully saturated rings. The van der Waals surface area contributed by atoms with Crippen molar-refractivity contribution in [3.8, 4) is 0 Å². The molecule has 0 heterocycles. The maximum atomic E-state index is 13.7. The van der Waals surface area contributed by atoms with Crippen LogP contribution in [0.15, 0.2) is 23.2 Å². The lowest BCUT2D eigenvalue weighted by atomic mass is 10.1. The average Bonchev–Trinajstić information content (AvgIpc) is 2.43. The maximum absolute atomic E-state index is 13.7. The number of hydrogen-bond acceptors (Lipinski definition) is 2. The van der Waals surface area contributed by atoms with Crippen LogP contribution in [0.1, 0.15) is 32.4 Å². The number of rotatable bonds is 5. The molecule has 0 spiro atoms. The van der Waals surface area contributed by atoms with E-state index in [0.29, 0.717) is 11.5 Å². The van der Waals surface area contributed by atoms with Gasteiger partial charge in [-0.3, -0.25) is 4.99 Å². The minimum Gasteiger partial charge on any atom is -0.355 e. The molecular weight excluding hydrogens is 419 g/mol. The van der Waals surface area contributed by atoms with Crippen molar-refractivity contribution in [1.29, 1.82) is 0 Å². The second-order valence-electron chi connectivity index (χ2n) is 5.42. The van der Waals surface area contributed by atoms with Gasteiger partial charge < -0.3 is 10.6 Å². The lowest BCUT2D eigenvalue weighted by Crippen LogP contribution is -2.44. The molecule has 0 saturated carbocycles. The Kier molecular flexibility index (Phi) is 9.30. The van der Waals surface area contributed by atoms with Gasteiger partial charge in [-0.25, -0.2) is 8.78 Å². The maximum Gasteiger partial charge on any atom is 0.191 e. The van der Waals surface area contributed by atoms with Gasteiger partial charge in [-0.15, -0.1) is 24.0 Å². The Morgan fingerprint density at radius 1 is 1.36 bits per heavy atom. The van der Waals surface area contributed by atoms with E-state index in [2.05, 4.69) is 29.5 Å². The first kappa shape index (κ1) is 21.4. The summed E-state index contributed by atoms with van der Waals surface area (Å²) in [7, 11) is 1.66. The van der Waals surface area contributed by atoms with E-state index in [1.165, 1.54) is 12.1 Å². The topological polar surface area (TPSA) is 36.4 Å². The molecule has 3 nitrogen and oxygen atoms in total. The van der Waals surface area contributed by atoms with Gasteiger partial charge in [0.2, 0.25) is 0 Å². The summed E-state index contributed by atoms with van der Waals surface area (Å²) in [6.45, 7) is 6.79. The van der Waals surface area contributed by atoms with Crippen LogP contribution in [-0.2, 0) is 0 Å². The van der Waals surface area contributed by atoms with Crippen LogP contribution in [0.5, 0.6) is 0 Å². The van der Waals surface area contributed by atoms with Crippen LogP contribution < -0.4 is 10.6 Å². The van der Waals surface area contributed by atoms with Crippen LogP contribution in [0.2, 0.25) is 0 Å². The van der Waals surface area contributed by atoms with Crippen LogP contribution in [0.25, 0.3) is 0 Å². The fraction of sp³-hybridized carbons (Fsp3) is 0.533. The summed E-state index contributed by atoms with van der Waals surface area (Å²) in [6.07, 6.45) is 2.05. The Labute approximate surface area is 152 Å². The lowest BCUT2D eigenvalue weighted by molar-refractivity contribution is 0.549. The van der Waals surface area contributed by atoms with Crippen molar-refractivity contribution in [2.75, 3.05) is 19.8 Å². The van der Waals surface area contributed by atoms with Crippen molar-refractivity contribution >= 4 is 41.7 Å². The first-order valence-corrected chi connectivity index (χ1v) is 7.99. The third-order valence-corrected chi connectivity index (χ3v) is 4.49. The molecule has 22 heavy (non-hydrogen) atoms. The van der Waals surface area contributed by atoms with Crippen LogP contribution in [0, 0.1) is 11.6 Å². The van der Waals surface area contributed by atoms with Crippen molar-refractivity contribution in [3.63, 3.8) is 0 Å². The van der Waals surface area contributed by atoms with E-state index >= 15 is 0 Å². The lowest BCUT2D eigenvalue weighted by Gasteiger charge is -2.25. The number of halogens is 3. The van der Waals surface area contributed by atoms with Gasteiger partial charge >= 0.3 is 0 Å². The molecule has 0 aliphatic rings. The fourth-order valence-electron chi connectivity index (χ4n) is 1.70. The van der Waals surface area contributed by atoms with Crippen molar-refractivity contribution in [2.45, 2.75) is 31.6 Å². The van der Waals surface area contributed by atoms with E-state index in [9.17, 15) is 8.78 Å². The zero-order valence-electron chi connectivity index (χ0n) is 13.5. The van der Waals surface area contributed by atoms with Crippen molar-refractivity contribution in [2.24, 2.45) is 4.99 Å². The van der Waals surface area contributed by atoms with Gasteiger partial charge in [-0.1, -0.05) is 6.07 Å². The highest BCUT2D eigenvalue weighted by molar-refractivity contribution is 14.0. The summed E-state index contributed by atoms with van der Waals surface area (Å²) in [5, 5.41) is 6.32. The normalized spacial score (nSPS) is 13.3. The molecule has 1 rings (SSSR count). The first-order chi connectivity index (χ1) is 9.79. The molecule has 1 aromatic carbocycles. The quantitative estimate of drug-likeness (QED) is 0.411. The fourth-order valence-corrected chi connectivity index (χ4v) is 1.92. The minimum absolute atomic E-state index is 0. The summed E-state index contributed by atoms with van der Waals surface area (Å²) in [4.78, 5) is 4.13. The Hall–Kier alpha value is -0.570. The summed E-state index contributed by atoms with van der Waals surface area (Å²) in [5.41, 5.74) is 0.406. The molecule has 0 aliphatic heterocycles. The van der Waals surface area contributed by atoms with Gasteiger partial charge in [-0.05, 0) is 33.1 Å². The Bertz CT molecular complexity index is 510. The standard InChI is InChI=1S/C15H23F2N3S.HI/c1-10(12-7-6-11(16)8-13(12)17)20-14(18-4)19-9-15(2,3)21-5;/h6-8,10H,9H2,1-5H3,(H2,18,19,20);1H. The number of benzene rings is 1. The largest absolute Gasteiger partial charge is 0.355 e. The number of guanidine groups is 1. The van der Waals surface area contributed by atoms with Crippen molar-refractivity contribution in [1.82, 2.24) is 10.6 Å². The smallest absolute Gasteiger partial charge is 0.191 e. The van der Waals surface area contributed by atoms with E-state index in [4.69, 9.17) is 0 Å². The second-order valence-corrected chi connectivity index (χ2v) is 6.93. The Morgan fingerprint density at radius 3 is 2.50 bits per heavy atom. The van der Waals surface area contributed by atoms with Crippen LogP contribution >= 0.6 is 35.7 Å². The third-order valence-electron chi connectivity index (χ3n) is 3.24. The summed E-state index contributed by atoms with van der Waals surface area (Å²) >= 11 is 1.75. The van der Waals surface area contributed by atoms with Crippen LogP contribution in [0.4, 0.5) is 8.78 Å². The molecule has 1 unspecified atom stereocenters. The second kappa shape index (κ2) is 9.54. The SMILES string of the molecule is CN=C(NCC(C)(C)SC)NC(C)c1ccc(F)cc1F.I. The first-order valence-electron chi connectivity index (χ1n) is 6.76. The number of thioether (sulfide) groups is 1. The predicted molar refractivity (Wildman–Crippen MR) is 102 cm³/mol. The molecule has 2 N–H and O–H groups in total. The Morgan fingerprint density at radius 2 is 2.00 bits per heavy atom. The number of nitrogens with one attached hydrogen (secondary N) is 2. The predicted octanol–water partition coefficient (Wildman–Crippen LogP) is 3.95. The van der Waals surface area contributed by atoms with E-state index in [-0.39, 0.29) is 34.8 Å². The highest BCUT2D eigenvalue weighted by Crippen LogP contribution is 2.20. The highest BCUT2D eigenvalue weighted by atomic mass is 127. The van der Waals surface area contributed by atoms with E-state index in [1.54, 1.807) is 18.8 Å². The molecule has 0 saturated heterocycles. The van der Waals surface area contributed by atoms with Crippen molar-refractivity contribution in [3.05, 3.63) is 35.4 Å². The average molecular weight is 443 g/mol. The minimum atomic E-state index is -0.576. The number of nitrogens with zero attached hydrogens (tertiary/aromatic N) is 1. The molecule has 1 aromatic rings. The van der Waals surface area contributed by atoms with Gasteiger partial charge in [0.15, 0.2) is 5.96 Å². The number of aliphatic imine (C=N–C) groups is 1. The van der Waals surface area contributed by atoms with Gasteiger partial charge in [0.25, 0.3) is 0 Å². The monoisotopic (exact) mass is 443 g/mol. The van der Waals surface area contributed by atoms with Crippen molar-refractivity contribution < 1.29 is 8.78 Å². The van der Waals surface area contributed by atoms with Gasteiger partial charge in [0.1, 0.15) is 11.6 Å². The summed E-state index contributed by atoms with van der Waals surface area (Å²) in [6, 6.07) is 3.28. The molecule has 0 bridgehead atoms. The molecule has 0 aliphatic carbocycles. The zero-order chi connectivity index (χ0) is 16.0. The van der Waals surface area contributed by atoms with E-state index < -0.39 is 11.6 Å². The molecule has 0 aromatic heterocycles. The van der Waals surface area contributed by atoms with E-state index in [0.717, 1.165) is 12.6 Å². The highest BCUT2D eigenvalue weighted by Gasteiger charge is 2.18. The van der Waals surface area contributed by atoms with Crippen LogP contribution in [0.3, 0.4) is 0 Å². The number of hydrogen-bond donors (Lipinski definition) is 2. The van der Waals surface area contributed by atoms with Gasteiger partial charge in [0, 0.05) is 30.0 Å². The third kappa shape index (κ3) is 6.68.